The van der Waals surface area contributed by atoms with Gasteiger partial charge in [0.15, 0.2) is 12.6 Å². The number of carbonyl (C=O) groups is 2. The van der Waals surface area contributed by atoms with Crippen LogP contribution in [0.25, 0.3) is 25.7 Å². The molecule has 13 heteroatoms. The Hall–Kier alpha value is -2.92. The van der Waals surface area contributed by atoms with Crippen LogP contribution in [-0.2, 0) is 16.0 Å². The third kappa shape index (κ3) is 26.4. The number of thiophene rings is 2. The molecule has 6 nitrogen and oxygen atoms in total. The number of thioether (sulfide) groups is 1. The summed E-state index contributed by atoms with van der Waals surface area (Å²) in [6.07, 6.45) is -1.76. The molecule has 2 heterocycles. The standard InChI is InChI=1S/C13H16O2.C12H14O2S.C11H13BrOS.C11H11BrS.C7H7BrS.C5H10O.5C2H6/c1-7-6-10-4-5-11(13(14)15)9(3)12(10)8(7)2;1-6-8(3)15-10-5-4-9(12(13)14)7(2)11(6)10;1-7-6-10(4-5-11(7)12)14-9(3)8(2)13;1-6-8(3)13-10-5-4-9(12)7(2)11(6)10;1-5-4-6(9)2-3-7(5)8;1-4(2)5(3)6;5*1-2/h4-5,13-15H,6H2,1-3H3;4-5,12-14H,1-3H3;4-6,9H,1-3H3;4-5H,1-3H3;2-4,9H,1H3;4H,1-3H3;5*1-2H3. The van der Waals surface area contributed by atoms with E-state index < -0.39 is 12.6 Å². The van der Waals surface area contributed by atoms with Gasteiger partial charge in [-0.25, -0.2) is 0 Å². The molecule has 4 N–H and O–H groups in total. The molecule has 458 valence electrons. The molecule has 0 bridgehead atoms. The topological polar surface area (TPSA) is 115 Å². The fourth-order valence-corrected chi connectivity index (χ4v) is 11.9. The van der Waals surface area contributed by atoms with Crippen molar-refractivity contribution in [1.82, 2.24) is 0 Å². The number of allylic oxidation sites excluding steroid dienone is 2. The average Bonchev–Trinajstić information content (AvgIpc) is 4.28. The van der Waals surface area contributed by atoms with E-state index in [9.17, 15) is 30.0 Å². The van der Waals surface area contributed by atoms with Crippen LogP contribution in [0.15, 0.2) is 102 Å². The first-order valence-corrected chi connectivity index (χ1v) is 33.9. The van der Waals surface area contributed by atoms with Gasteiger partial charge in [-0.2, -0.15) is 0 Å². The normalized spacial score (nSPS) is 10.9. The number of aliphatic hydroxyl groups is 4. The highest BCUT2D eigenvalue weighted by Crippen LogP contribution is 2.38. The first-order valence-electron chi connectivity index (χ1n) is 28.5. The lowest BCUT2D eigenvalue weighted by molar-refractivity contribution is -0.119. The van der Waals surface area contributed by atoms with Crippen molar-refractivity contribution in [2.45, 2.75) is 214 Å². The van der Waals surface area contributed by atoms with E-state index in [1.807, 2.05) is 178 Å². The van der Waals surface area contributed by atoms with Crippen molar-refractivity contribution in [3.8, 4) is 0 Å². The Labute approximate surface area is 540 Å². The maximum absolute atomic E-state index is 11.1. The summed E-state index contributed by atoms with van der Waals surface area (Å²) < 4.78 is 6.07. The van der Waals surface area contributed by atoms with Crippen LogP contribution in [0.4, 0.5) is 0 Å². The first kappa shape index (κ1) is 83.3. The van der Waals surface area contributed by atoms with Crippen molar-refractivity contribution in [1.29, 1.82) is 0 Å². The van der Waals surface area contributed by atoms with E-state index >= 15 is 0 Å². The van der Waals surface area contributed by atoms with Crippen molar-refractivity contribution in [3.63, 3.8) is 0 Å². The molecule has 0 fully saturated rings. The molecule has 82 heavy (non-hydrogen) atoms. The minimum Gasteiger partial charge on any atom is -0.364 e. The maximum atomic E-state index is 11.1. The molecule has 0 amide bonds. The Morgan fingerprint density at radius 3 is 1.30 bits per heavy atom. The van der Waals surface area contributed by atoms with Gasteiger partial charge in [0.05, 0.1) is 5.25 Å². The number of thiol groups is 1. The summed E-state index contributed by atoms with van der Waals surface area (Å²) in [5.74, 6) is 0.690. The van der Waals surface area contributed by atoms with Crippen LogP contribution in [0.2, 0.25) is 0 Å². The van der Waals surface area contributed by atoms with Gasteiger partial charge in [0, 0.05) is 59.4 Å². The molecule has 1 atom stereocenters. The number of Topliss-reactive ketones (excluding diaryl/α,β-unsaturated/α-hetero) is 2. The first-order chi connectivity index (χ1) is 38.5. The number of carbonyl (C=O) groups excluding carboxylic acids is 2. The summed E-state index contributed by atoms with van der Waals surface area (Å²) in [5.41, 5.74) is 14.8. The van der Waals surface area contributed by atoms with Gasteiger partial charge in [-0.15, -0.1) is 47.1 Å². The maximum Gasteiger partial charge on any atom is 0.178 e. The van der Waals surface area contributed by atoms with Gasteiger partial charge >= 0.3 is 0 Å². The lowest BCUT2D eigenvalue weighted by Crippen LogP contribution is -2.07. The number of ketones is 2. The lowest BCUT2D eigenvalue weighted by atomic mass is 9.95. The number of halogens is 3. The predicted molar refractivity (Wildman–Crippen MR) is 381 cm³/mol. The highest BCUT2D eigenvalue weighted by Gasteiger charge is 2.21. The summed E-state index contributed by atoms with van der Waals surface area (Å²) in [5, 5.41) is 39.5. The molecule has 0 aliphatic heterocycles. The minimum absolute atomic E-state index is 0.0376. The van der Waals surface area contributed by atoms with Gasteiger partial charge in [-0.05, 0) is 224 Å². The van der Waals surface area contributed by atoms with Gasteiger partial charge in [0.25, 0.3) is 0 Å². The zero-order valence-electron chi connectivity index (χ0n) is 54.4. The van der Waals surface area contributed by atoms with Gasteiger partial charge in [-0.3, -0.25) is 9.59 Å². The number of fused-ring (bicyclic) bond motifs is 3. The molecular formula is C69H101Br3O6S4. The Bertz CT molecular complexity index is 3060. The predicted octanol–water partition coefficient (Wildman–Crippen LogP) is 23.0. The second-order valence-electron chi connectivity index (χ2n) is 18.4. The second kappa shape index (κ2) is 43.7. The van der Waals surface area contributed by atoms with E-state index in [4.69, 9.17) is 0 Å². The number of benzene rings is 5. The number of aryl methyl sites for hydroxylation is 8. The number of hydrogen-bond donors (Lipinski definition) is 5. The third-order valence-electron chi connectivity index (χ3n) is 12.8. The van der Waals surface area contributed by atoms with E-state index in [2.05, 4.69) is 127 Å². The van der Waals surface area contributed by atoms with Crippen LogP contribution in [0.1, 0.15) is 201 Å². The summed E-state index contributed by atoms with van der Waals surface area (Å²) in [4.78, 5) is 26.1. The van der Waals surface area contributed by atoms with Crippen LogP contribution < -0.4 is 0 Å². The molecule has 0 radical (unpaired) electrons. The zero-order chi connectivity index (χ0) is 64.6. The lowest BCUT2D eigenvalue weighted by Gasteiger charge is -2.13. The monoisotopic (exact) mass is 1390 g/mol. The molecule has 0 spiro atoms. The van der Waals surface area contributed by atoms with E-state index in [0.29, 0.717) is 11.1 Å². The average molecular weight is 1390 g/mol. The SMILES string of the molecule is CC.CC.CC.CC.CC.CC(=O)C(C)C.CC(=O)C(C)Sc1ccc(Br)c(C)c1.CC1=C(C)c2c(ccc(C(O)O)c2C)C1.Cc1cc(S)ccc1Br.Cc1sc2ccc(Br)c(C)c2c1C.Cc1sc2ccc(C(O)O)c(C)c2c1C. The summed E-state index contributed by atoms with van der Waals surface area (Å²) in [7, 11) is 0. The van der Waals surface area contributed by atoms with Gasteiger partial charge in [0.1, 0.15) is 11.6 Å². The highest BCUT2D eigenvalue weighted by molar-refractivity contribution is 9.11. The van der Waals surface area contributed by atoms with Crippen molar-refractivity contribution in [3.05, 3.63) is 163 Å². The molecule has 1 aliphatic rings. The van der Waals surface area contributed by atoms with Gasteiger partial charge in [0.2, 0.25) is 0 Å². The summed E-state index contributed by atoms with van der Waals surface area (Å²) in [6, 6.07) is 24.0. The molecule has 0 saturated carbocycles. The van der Waals surface area contributed by atoms with Crippen LogP contribution >= 0.6 is 94.9 Å². The molecule has 1 unspecified atom stereocenters. The molecule has 1 aliphatic carbocycles. The Morgan fingerprint density at radius 2 is 0.902 bits per heavy atom. The number of rotatable bonds is 6. The fraction of sp³-hybridized carbons (Fsp3) is 0.449. The van der Waals surface area contributed by atoms with Gasteiger partial charge < -0.3 is 20.4 Å². The Kier molecular flexibility index (Phi) is 44.3. The van der Waals surface area contributed by atoms with E-state index in [-0.39, 0.29) is 22.7 Å². The van der Waals surface area contributed by atoms with Crippen LogP contribution in [0.3, 0.4) is 0 Å². The highest BCUT2D eigenvalue weighted by atomic mass is 79.9. The van der Waals surface area contributed by atoms with E-state index in [1.165, 1.54) is 84.5 Å². The van der Waals surface area contributed by atoms with Crippen molar-refractivity contribution >= 4 is 132 Å². The molecule has 2 aromatic heterocycles. The van der Waals surface area contributed by atoms with Crippen molar-refractivity contribution in [2.75, 3.05) is 0 Å². The molecule has 5 aromatic carbocycles. The van der Waals surface area contributed by atoms with Crippen LogP contribution in [0.5, 0.6) is 0 Å². The van der Waals surface area contributed by atoms with E-state index in [0.717, 1.165) is 36.3 Å². The number of hydrogen-bond acceptors (Lipinski definition) is 10. The van der Waals surface area contributed by atoms with E-state index in [1.54, 1.807) is 43.0 Å². The second-order valence-corrected chi connectivity index (χ2v) is 25.4. The summed E-state index contributed by atoms with van der Waals surface area (Å²) >= 11 is 19.8. The molecular weight excluding hydrogens is 1290 g/mol. The van der Waals surface area contributed by atoms with Crippen LogP contribution in [0, 0.1) is 68.2 Å². The largest absolute Gasteiger partial charge is 0.364 e. The minimum atomic E-state index is -1.38. The van der Waals surface area contributed by atoms with Crippen LogP contribution in [-0.4, -0.2) is 37.2 Å². The fourth-order valence-electron chi connectivity index (χ4n) is 7.55. The Morgan fingerprint density at radius 1 is 0.512 bits per heavy atom. The third-order valence-corrected chi connectivity index (χ3v) is 19.2. The zero-order valence-corrected chi connectivity index (χ0v) is 62.5. The van der Waals surface area contributed by atoms with Gasteiger partial charge in [-0.1, -0.05) is 155 Å². The Balaban J connectivity index is -0.000000899. The smallest absolute Gasteiger partial charge is 0.178 e. The molecule has 8 rings (SSSR count). The van der Waals surface area contributed by atoms with Crippen molar-refractivity contribution in [2.24, 2.45) is 5.92 Å². The number of aliphatic hydroxyl groups excluding tert-OH is 2. The molecule has 0 saturated heterocycles. The summed E-state index contributed by atoms with van der Waals surface area (Å²) in [6.45, 7) is 51.9. The molecule has 7 aromatic rings. The quantitative estimate of drug-likeness (QED) is 0.0640. The van der Waals surface area contributed by atoms with Crippen molar-refractivity contribution < 1.29 is 30.0 Å².